The molecule has 1 aromatic carbocycles. The fourth-order valence-electron chi connectivity index (χ4n) is 2.74. The Bertz CT molecular complexity index is 639. The summed E-state index contributed by atoms with van der Waals surface area (Å²) in [6.45, 7) is 0.312. The molecule has 2 heterocycles. The largest absolute Gasteiger partial charge is 0.322 e. The van der Waals surface area contributed by atoms with E-state index in [1.807, 2.05) is 0 Å². The smallest absolute Gasteiger partial charge is 0.255 e. The van der Waals surface area contributed by atoms with Crippen molar-refractivity contribution < 1.29 is 14.4 Å². The number of piperidine rings is 1. The zero-order valence-electron chi connectivity index (χ0n) is 10.7. The monoisotopic (exact) mass is 271 g/mol. The summed E-state index contributed by atoms with van der Waals surface area (Å²) in [6, 6.07) is 4.60. The Labute approximate surface area is 115 Å². The molecule has 0 aromatic heterocycles. The van der Waals surface area contributed by atoms with E-state index in [1.54, 1.807) is 18.2 Å². The molecular weight excluding hydrogens is 258 g/mol. The lowest BCUT2D eigenvalue weighted by Gasteiger charge is -2.29. The first-order chi connectivity index (χ1) is 9.61. The van der Waals surface area contributed by atoms with Gasteiger partial charge in [-0.1, -0.05) is 12.1 Å². The number of amides is 3. The van der Waals surface area contributed by atoms with E-state index in [1.165, 1.54) is 11.1 Å². The van der Waals surface area contributed by atoms with Gasteiger partial charge in [-0.2, -0.15) is 0 Å². The van der Waals surface area contributed by atoms with Crippen LogP contribution in [-0.4, -0.2) is 34.9 Å². The molecule has 0 aliphatic carbocycles. The number of hydrogen-bond acceptors (Lipinski definition) is 4. The Hall–Kier alpha value is -2.50. The van der Waals surface area contributed by atoms with E-state index in [0.717, 1.165) is 5.56 Å². The first kappa shape index (κ1) is 12.5. The van der Waals surface area contributed by atoms with Crippen LogP contribution in [-0.2, 0) is 16.1 Å². The molecule has 1 fully saturated rings. The number of fused-ring (bicyclic) bond motifs is 1. The normalized spacial score (nSPS) is 21.7. The molecule has 20 heavy (non-hydrogen) atoms. The number of rotatable bonds is 2. The topological polar surface area (TPSA) is 90.3 Å². The van der Waals surface area contributed by atoms with Gasteiger partial charge in [-0.05, 0) is 23.6 Å². The molecule has 0 bridgehead atoms. The highest BCUT2D eigenvalue weighted by atomic mass is 16.2. The number of benzene rings is 1. The van der Waals surface area contributed by atoms with E-state index in [4.69, 9.17) is 5.41 Å². The minimum Gasteiger partial charge on any atom is -0.322 e. The van der Waals surface area contributed by atoms with Crippen molar-refractivity contribution >= 4 is 23.9 Å². The molecule has 0 spiro atoms. The molecular formula is C14H13N3O3. The zero-order valence-corrected chi connectivity index (χ0v) is 10.7. The van der Waals surface area contributed by atoms with Gasteiger partial charge in [0, 0.05) is 24.7 Å². The third-order valence-corrected chi connectivity index (χ3v) is 3.77. The standard InChI is InChI=1S/C14H13N3O3/c15-6-8-2-1-3-9-10(8)7-17(14(9)20)11-4-5-12(18)16-13(11)19/h1-3,6,11,15H,4-5,7H2,(H,16,18,19)/t11-/m0/s1. The summed E-state index contributed by atoms with van der Waals surface area (Å²) in [5.41, 5.74) is 2.00. The molecule has 0 saturated carbocycles. The van der Waals surface area contributed by atoms with Crippen LogP contribution in [0.4, 0.5) is 0 Å². The summed E-state index contributed by atoms with van der Waals surface area (Å²) >= 11 is 0. The number of hydrogen-bond donors (Lipinski definition) is 2. The van der Waals surface area contributed by atoms with Crippen LogP contribution in [0.25, 0.3) is 0 Å². The molecule has 6 nitrogen and oxygen atoms in total. The number of imide groups is 1. The molecule has 6 heteroatoms. The molecule has 2 aliphatic rings. The van der Waals surface area contributed by atoms with Gasteiger partial charge in [0.15, 0.2) is 0 Å². The minimum absolute atomic E-state index is 0.210. The van der Waals surface area contributed by atoms with E-state index in [9.17, 15) is 14.4 Å². The summed E-state index contributed by atoms with van der Waals surface area (Å²) in [5, 5.41) is 9.64. The van der Waals surface area contributed by atoms with Crippen molar-refractivity contribution in [1.29, 1.82) is 5.41 Å². The van der Waals surface area contributed by atoms with Crippen molar-refractivity contribution in [2.24, 2.45) is 0 Å². The van der Waals surface area contributed by atoms with Gasteiger partial charge in [0.1, 0.15) is 6.04 Å². The lowest BCUT2D eigenvalue weighted by Crippen LogP contribution is -2.52. The van der Waals surface area contributed by atoms with E-state index in [2.05, 4.69) is 5.32 Å². The Kier molecular flexibility index (Phi) is 2.85. The summed E-state index contributed by atoms with van der Waals surface area (Å²) in [7, 11) is 0. The summed E-state index contributed by atoms with van der Waals surface area (Å²) < 4.78 is 0. The highest BCUT2D eigenvalue weighted by Gasteiger charge is 2.39. The highest BCUT2D eigenvalue weighted by Crippen LogP contribution is 2.28. The maximum absolute atomic E-state index is 12.4. The first-order valence-corrected chi connectivity index (χ1v) is 6.39. The van der Waals surface area contributed by atoms with Gasteiger partial charge in [-0.3, -0.25) is 19.7 Å². The predicted molar refractivity (Wildman–Crippen MR) is 70.4 cm³/mol. The van der Waals surface area contributed by atoms with E-state index in [-0.39, 0.29) is 18.2 Å². The second-order valence-electron chi connectivity index (χ2n) is 4.92. The van der Waals surface area contributed by atoms with Crippen LogP contribution < -0.4 is 5.32 Å². The first-order valence-electron chi connectivity index (χ1n) is 6.39. The average Bonchev–Trinajstić information content (AvgIpc) is 2.76. The van der Waals surface area contributed by atoms with Crippen LogP contribution in [0.2, 0.25) is 0 Å². The highest BCUT2D eigenvalue weighted by molar-refractivity contribution is 6.06. The van der Waals surface area contributed by atoms with Crippen LogP contribution in [0, 0.1) is 5.41 Å². The lowest BCUT2D eigenvalue weighted by atomic mass is 10.0. The van der Waals surface area contributed by atoms with Gasteiger partial charge >= 0.3 is 0 Å². The van der Waals surface area contributed by atoms with Crippen molar-refractivity contribution in [3.63, 3.8) is 0 Å². The molecule has 1 saturated heterocycles. The molecule has 1 aromatic rings. The average molecular weight is 271 g/mol. The quantitative estimate of drug-likeness (QED) is 0.604. The predicted octanol–water partition coefficient (Wildman–Crippen LogP) is 0.445. The lowest BCUT2D eigenvalue weighted by molar-refractivity contribution is -0.136. The van der Waals surface area contributed by atoms with E-state index in [0.29, 0.717) is 24.1 Å². The third-order valence-electron chi connectivity index (χ3n) is 3.77. The van der Waals surface area contributed by atoms with Crippen LogP contribution in [0.1, 0.15) is 34.3 Å². The third kappa shape index (κ3) is 1.80. The van der Waals surface area contributed by atoms with Gasteiger partial charge in [0.2, 0.25) is 11.8 Å². The van der Waals surface area contributed by atoms with Gasteiger partial charge in [0.05, 0.1) is 0 Å². The van der Waals surface area contributed by atoms with Crippen molar-refractivity contribution in [2.45, 2.75) is 25.4 Å². The Balaban J connectivity index is 1.92. The Morgan fingerprint density at radius 2 is 2.10 bits per heavy atom. The van der Waals surface area contributed by atoms with Crippen molar-refractivity contribution in [2.75, 3.05) is 0 Å². The number of carbonyl (C=O) groups excluding carboxylic acids is 3. The second kappa shape index (κ2) is 4.56. The maximum Gasteiger partial charge on any atom is 0.255 e. The van der Waals surface area contributed by atoms with Crippen LogP contribution in [0.5, 0.6) is 0 Å². The summed E-state index contributed by atoms with van der Waals surface area (Å²) in [4.78, 5) is 36.9. The van der Waals surface area contributed by atoms with Gasteiger partial charge in [0.25, 0.3) is 5.91 Å². The SMILES string of the molecule is N=Cc1cccc2c1CN([C@H]1CCC(=O)NC1=O)C2=O. The number of nitrogens with zero attached hydrogens (tertiary/aromatic N) is 1. The minimum atomic E-state index is -0.605. The molecule has 3 rings (SSSR count). The molecule has 3 amide bonds. The number of carbonyl (C=O) groups is 3. The zero-order chi connectivity index (χ0) is 14.3. The second-order valence-corrected chi connectivity index (χ2v) is 4.92. The maximum atomic E-state index is 12.4. The van der Waals surface area contributed by atoms with Gasteiger partial charge < -0.3 is 10.3 Å². The van der Waals surface area contributed by atoms with E-state index >= 15 is 0 Å². The van der Waals surface area contributed by atoms with E-state index < -0.39 is 11.9 Å². The van der Waals surface area contributed by atoms with Crippen molar-refractivity contribution in [3.05, 3.63) is 34.9 Å². The summed E-state index contributed by atoms with van der Waals surface area (Å²) in [6.07, 6.45) is 1.80. The number of nitrogens with one attached hydrogen (secondary N) is 2. The molecule has 1 atom stereocenters. The van der Waals surface area contributed by atoms with Gasteiger partial charge in [-0.25, -0.2) is 0 Å². The van der Waals surface area contributed by atoms with Crippen LogP contribution in [0.3, 0.4) is 0 Å². The summed E-state index contributed by atoms with van der Waals surface area (Å²) in [5.74, 6) is -0.924. The van der Waals surface area contributed by atoms with Crippen LogP contribution in [0.15, 0.2) is 18.2 Å². The molecule has 2 aliphatic heterocycles. The fourth-order valence-corrected chi connectivity index (χ4v) is 2.74. The van der Waals surface area contributed by atoms with Gasteiger partial charge in [-0.15, -0.1) is 0 Å². The van der Waals surface area contributed by atoms with Crippen molar-refractivity contribution in [1.82, 2.24) is 10.2 Å². The fraction of sp³-hybridized carbons (Fsp3) is 0.286. The molecule has 2 N–H and O–H groups in total. The van der Waals surface area contributed by atoms with Crippen molar-refractivity contribution in [3.8, 4) is 0 Å². The molecule has 0 unspecified atom stereocenters. The molecule has 0 radical (unpaired) electrons. The Morgan fingerprint density at radius 1 is 1.30 bits per heavy atom. The Morgan fingerprint density at radius 3 is 2.80 bits per heavy atom. The molecule has 102 valence electrons. The van der Waals surface area contributed by atoms with Crippen LogP contribution >= 0.6 is 0 Å².